The molecule has 0 bridgehead atoms. The third kappa shape index (κ3) is 2.26. The summed E-state index contributed by atoms with van der Waals surface area (Å²) >= 11 is 6.18. The molecule has 0 saturated heterocycles. The molecule has 102 valence electrons. The topological polar surface area (TPSA) is 54.7 Å². The number of rotatable bonds is 2. The van der Waals surface area contributed by atoms with Crippen molar-refractivity contribution >= 4 is 22.6 Å². The lowest BCUT2D eigenvalue weighted by Gasteiger charge is -2.35. The molecule has 0 unspecified atom stereocenters. The molecule has 1 aliphatic rings. The maximum Gasteiger partial charge on any atom is 0.127 e. The first-order valence-corrected chi connectivity index (χ1v) is 7.44. The fraction of sp³-hybridized carbons (Fsp3) is 0.533. The monoisotopic (exact) mass is 277 g/mol. The van der Waals surface area contributed by atoms with Crippen molar-refractivity contribution in [1.82, 2.24) is 9.97 Å². The van der Waals surface area contributed by atoms with Crippen LogP contribution in [0.15, 0.2) is 18.2 Å². The Labute approximate surface area is 118 Å². The molecule has 0 amide bonds. The lowest BCUT2D eigenvalue weighted by atomic mass is 9.76. The van der Waals surface area contributed by atoms with Gasteiger partial charge in [-0.05, 0) is 43.7 Å². The van der Waals surface area contributed by atoms with Crippen LogP contribution in [-0.2, 0) is 5.54 Å². The quantitative estimate of drug-likeness (QED) is 0.873. The van der Waals surface area contributed by atoms with Gasteiger partial charge in [0.1, 0.15) is 11.3 Å². The van der Waals surface area contributed by atoms with Gasteiger partial charge in [-0.15, -0.1) is 0 Å². The van der Waals surface area contributed by atoms with E-state index in [0.29, 0.717) is 5.02 Å². The molecule has 1 heterocycles. The summed E-state index contributed by atoms with van der Waals surface area (Å²) in [6.07, 6.45) is 5.64. The normalized spacial score (nSPS) is 27.8. The number of aromatic amines is 1. The maximum atomic E-state index is 6.57. The SMILES string of the molecule is CCC1CCC(N)(c2nc3c(Cl)cccc3[nH]2)CC1. The summed E-state index contributed by atoms with van der Waals surface area (Å²) in [6.45, 7) is 2.26. The number of benzene rings is 1. The second-order valence-electron chi connectivity index (χ2n) is 5.73. The summed E-state index contributed by atoms with van der Waals surface area (Å²) in [5, 5.41) is 0.686. The van der Waals surface area contributed by atoms with E-state index in [1.54, 1.807) is 0 Å². The van der Waals surface area contributed by atoms with Crippen LogP contribution in [0.2, 0.25) is 5.02 Å². The predicted octanol–water partition coefficient (Wildman–Crippen LogP) is 3.97. The molecule has 3 nitrogen and oxygen atoms in total. The van der Waals surface area contributed by atoms with Crippen molar-refractivity contribution in [2.45, 2.75) is 44.6 Å². The zero-order valence-electron chi connectivity index (χ0n) is 11.2. The summed E-state index contributed by atoms with van der Waals surface area (Å²) in [4.78, 5) is 8.00. The number of nitrogens with two attached hydrogens (primary N) is 1. The first-order valence-electron chi connectivity index (χ1n) is 7.06. The average Bonchev–Trinajstić information content (AvgIpc) is 2.86. The van der Waals surface area contributed by atoms with Crippen molar-refractivity contribution in [3.63, 3.8) is 0 Å². The molecular weight excluding hydrogens is 258 g/mol. The number of hydrogen-bond acceptors (Lipinski definition) is 2. The van der Waals surface area contributed by atoms with Gasteiger partial charge in [-0.3, -0.25) is 0 Å². The second-order valence-corrected chi connectivity index (χ2v) is 6.14. The molecule has 2 aromatic rings. The minimum atomic E-state index is -0.311. The maximum absolute atomic E-state index is 6.57. The molecule has 3 N–H and O–H groups in total. The average molecular weight is 278 g/mol. The number of para-hydroxylation sites is 1. The molecule has 1 fully saturated rings. The zero-order valence-corrected chi connectivity index (χ0v) is 12.0. The van der Waals surface area contributed by atoms with E-state index in [1.807, 2.05) is 18.2 Å². The smallest absolute Gasteiger partial charge is 0.127 e. The lowest BCUT2D eigenvalue weighted by Crippen LogP contribution is -2.41. The number of H-pyrrole nitrogens is 1. The van der Waals surface area contributed by atoms with Crippen LogP contribution in [0, 0.1) is 5.92 Å². The highest BCUT2D eigenvalue weighted by Gasteiger charge is 2.35. The van der Waals surface area contributed by atoms with Crippen molar-refractivity contribution in [3.05, 3.63) is 29.0 Å². The van der Waals surface area contributed by atoms with Crippen LogP contribution in [0.3, 0.4) is 0 Å². The first kappa shape index (κ1) is 12.9. The molecule has 1 aromatic carbocycles. The molecule has 0 radical (unpaired) electrons. The Kier molecular flexibility index (Phi) is 3.27. The van der Waals surface area contributed by atoms with Crippen LogP contribution >= 0.6 is 11.6 Å². The second kappa shape index (κ2) is 4.80. The van der Waals surface area contributed by atoms with Crippen LogP contribution in [0.4, 0.5) is 0 Å². The number of fused-ring (bicyclic) bond motifs is 1. The van der Waals surface area contributed by atoms with Gasteiger partial charge in [-0.25, -0.2) is 4.98 Å². The van der Waals surface area contributed by atoms with Crippen LogP contribution in [-0.4, -0.2) is 9.97 Å². The Bertz CT molecular complexity index is 582. The van der Waals surface area contributed by atoms with Crippen molar-refractivity contribution in [2.75, 3.05) is 0 Å². The van der Waals surface area contributed by atoms with E-state index >= 15 is 0 Å². The highest BCUT2D eigenvalue weighted by atomic mass is 35.5. The predicted molar refractivity (Wildman–Crippen MR) is 79.2 cm³/mol. The van der Waals surface area contributed by atoms with Gasteiger partial charge in [0.25, 0.3) is 0 Å². The number of halogens is 1. The zero-order chi connectivity index (χ0) is 13.5. The van der Waals surface area contributed by atoms with Gasteiger partial charge >= 0.3 is 0 Å². The Morgan fingerprint density at radius 2 is 2.16 bits per heavy atom. The fourth-order valence-corrected chi connectivity index (χ4v) is 3.29. The van der Waals surface area contributed by atoms with E-state index in [1.165, 1.54) is 19.3 Å². The third-order valence-electron chi connectivity index (χ3n) is 4.51. The van der Waals surface area contributed by atoms with Crippen LogP contribution in [0.1, 0.15) is 44.9 Å². The largest absolute Gasteiger partial charge is 0.340 e. The number of aromatic nitrogens is 2. The van der Waals surface area contributed by atoms with E-state index in [0.717, 1.165) is 35.6 Å². The van der Waals surface area contributed by atoms with Crippen molar-refractivity contribution in [2.24, 2.45) is 11.7 Å². The van der Waals surface area contributed by atoms with Crippen LogP contribution < -0.4 is 5.73 Å². The number of nitrogens with zero attached hydrogens (tertiary/aromatic N) is 1. The van der Waals surface area contributed by atoms with Crippen LogP contribution in [0.5, 0.6) is 0 Å². The third-order valence-corrected chi connectivity index (χ3v) is 4.81. The van der Waals surface area contributed by atoms with E-state index in [-0.39, 0.29) is 5.54 Å². The Morgan fingerprint density at radius 1 is 1.42 bits per heavy atom. The summed E-state index contributed by atoms with van der Waals surface area (Å²) in [6, 6.07) is 5.80. The molecule has 0 spiro atoms. The Morgan fingerprint density at radius 3 is 2.79 bits per heavy atom. The number of hydrogen-bond donors (Lipinski definition) is 2. The Balaban J connectivity index is 1.93. The molecule has 1 aliphatic carbocycles. The summed E-state index contributed by atoms with van der Waals surface area (Å²) < 4.78 is 0. The van der Waals surface area contributed by atoms with E-state index < -0.39 is 0 Å². The standard InChI is InChI=1S/C15H20ClN3/c1-2-10-6-8-15(17,9-7-10)14-18-12-5-3-4-11(16)13(12)19-14/h3-5,10H,2,6-9,17H2,1H3,(H,18,19). The van der Waals surface area contributed by atoms with Crippen molar-refractivity contribution < 1.29 is 0 Å². The van der Waals surface area contributed by atoms with Gasteiger partial charge in [0.15, 0.2) is 0 Å². The summed E-state index contributed by atoms with van der Waals surface area (Å²) in [5.41, 5.74) is 8.07. The van der Waals surface area contributed by atoms with Gasteiger partial charge in [0.05, 0.1) is 16.1 Å². The molecule has 3 rings (SSSR count). The van der Waals surface area contributed by atoms with Gasteiger partial charge in [0, 0.05) is 0 Å². The van der Waals surface area contributed by atoms with E-state index in [2.05, 4.69) is 16.9 Å². The van der Waals surface area contributed by atoms with E-state index in [9.17, 15) is 0 Å². The van der Waals surface area contributed by atoms with Crippen molar-refractivity contribution in [1.29, 1.82) is 0 Å². The van der Waals surface area contributed by atoms with Gasteiger partial charge < -0.3 is 10.7 Å². The molecule has 1 saturated carbocycles. The minimum Gasteiger partial charge on any atom is -0.340 e. The van der Waals surface area contributed by atoms with Crippen molar-refractivity contribution in [3.8, 4) is 0 Å². The number of imidazole rings is 1. The highest BCUT2D eigenvalue weighted by molar-refractivity contribution is 6.34. The molecular formula is C15H20ClN3. The fourth-order valence-electron chi connectivity index (χ4n) is 3.07. The summed E-state index contributed by atoms with van der Waals surface area (Å²) in [7, 11) is 0. The minimum absolute atomic E-state index is 0.311. The van der Waals surface area contributed by atoms with Gasteiger partial charge in [-0.1, -0.05) is 31.0 Å². The van der Waals surface area contributed by atoms with E-state index in [4.69, 9.17) is 17.3 Å². The number of nitrogens with one attached hydrogen (secondary N) is 1. The summed E-state index contributed by atoms with van der Waals surface area (Å²) in [5.74, 6) is 1.72. The van der Waals surface area contributed by atoms with Gasteiger partial charge in [-0.2, -0.15) is 0 Å². The molecule has 0 aliphatic heterocycles. The molecule has 19 heavy (non-hydrogen) atoms. The molecule has 0 atom stereocenters. The molecule has 4 heteroatoms. The lowest BCUT2D eigenvalue weighted by molar-refractivity contribution is 0.223. The Hall–Kier alpha value is -1.06. The first-order chi connectivity index (χ1) is 9.12. The van der Waals surface area contributed by atoms with Crippen LogP contribution in [0.25, 0.3) is 11.0 Å². The molecule has 1 aromatic heterocycles. The van der Waals surface area contributed by atoms with Gasteiger partial charge in [0.2, 0.25) is 0 Å². The highest BCUT2D eigenvalue weighted by Crippen LogP contribution is 2.38.